The molecule has 0 spiro atoms. The van der Waals surface area contributed by atoms with Gasteiger partial charge in [0.1, 0.15) is 0 Å². The van der Waals surface area contributed by atoms with E-state index in [9.17, 15) is 10.1 Å². The van der Waals surface area contributed by atoms with Crippen LogP contribution < -0.4 is 5.32 Å². The fourth-order valence-corrected chi connectivity index (χ4v) is 1.23. The van der Waals surface area contributed by atoms with Gasteiger partial charge in [-0.1, -0.05) is 0 Å². The van der Waals surface area contributed by atoms with Gasteiger partial charge in [0.15, 0.2) is 0 Å². The summed E-state index contributed by atoms with van der Waals surface area (Å²) in [4.78, 5) is 14.1. The highest BCUT2D eigenvalue weighted by atomic mass is 16.6. The second-order valence-corrected chi connectivity index (χ2v) is 3.29. The molecule has 0 fully saturated rings. The lowest BCUT2D eigenvalue weighted by Crippen LogP contribution is -2.28. The third-order valence-electron chi connectivity index (χ3n) is 2.09. The Morgan fingerprint density at radius 3 is 2.69 bits per heavy atom. The Hall–Kier alpha value is -1.73. The lowest BCUT2D eigenvalue weighted by atomic mass is 10.2. The van der Waals surface area contributed by atoms with Crippen LogP contribution in [0.2, 0.25) is 0 Å². The summed E-state index contributed by atoms with van der Waals surface area (Å²) in [5.74, 6) is 0.0538. The van der Waals surface area contributed by atoms with E-state index in [1.54, 1.807) is 6.92 Å². The average Bonchev–Trinajstić information content (AvgIpc) is 2.25. The number of pyridine rings is 1. The van der Waals surface area contributed by atoms with Crippen molar-refractivity contribution in [2.24, 2.45) is 0 Å². The molecular weight excluding hydrogens is 214 g/mol. The molecule has 0 aliphatic heterocycles. The average molecular weight is 227 g/mol. The van der Waals surface area contributed by atoms with Gasteiger partial charge in [0.2, 0.25) is 5.82 Å². The molecule has 0 aliphatic carbocycles. The van der Waals surface area contributed by atoms with Crippen molar-refractivity contribution < 1.29 is 15.1 Å². The molecule has 1 aromatic rings. The van der Waals surface area contributed by atoms with Gasteiger partial charge in [-0.25, -0.2) is 4.98 Å². The van der Waals surface area contributed by atoms with Crippen LogP contribution in [-0.2, 0) is 0 Å². The minimum atomic E-state index is -0.659. The van der Waals surface area contributed by atoms with Crippen molar-refractivity contribution in [3.05, 3.63) is 27.9 Å². The fraction of sp³-hybridized carbons (Fsp3) is 0.444. The van der Waals surface area contributed by atoms with Crippen molar-refractivity contribution in [3.63, 3.8) is 0 Å². The van der Waals surface area contributed by atoms with Gasteiger partial charge in [-0.3, -0.25) is 10.1 Å². The SMILES string of the molecule is Cc1ccnc(NC(CO)CO)c1[N+](=O)[O-]. The number of aliphatic hydroxyl groups excluding tert-OH is 2. The van der Waals surface area contributed by atoms with Crippen LogP contribution in [0.3, 0.4) is 0 Å². The minimum Gasteiger partial charge on any atom is -0.394 e. The van der Waals surface area contributed by atoms with Crippen molar-refractivity contribution in [1.29, 1.82) is 0 Å². The second-order valence-electron chi connectivity index (χ2n) is 3.29. The summed E-state index contributed by atoms with van der Waals surface area (Å²) in [6, 6.07) is 0.865. The Bertz CT molecular complexity index is 379. The number of nitrogens with one attached hydrogen (secondary N) is 1. The quantitative estimate of drug-likeness (QED) is 0.485. The number of hydrogen-bond donors (Lipinski definition) is 3. The normalized spacial score (nSPS) is 10.5. The highest BCUT2D eigenvalue weighted by molar-refractivity contribution is 5.60. The van der Waals surface area contributed by atoms with Crippen molar-refractivity contribution in [3.8, 4) is 0 Å². The molecule has 0 saturated heterocycles. The van der Waals surface area contributed by atoms with Gasteiger partial charge < -0.3 is 15.5 Å². The molecule has 0 aromatic carbocycles. The monoisotopic (exact) mass is 227 g/mol. The predicted octanol–water partition coefficient (Wildman–Crippen LogP) is 0.0633. The molecule has 1 rings (SSSR count). The van der Waals surface area contributed by atoms with Crippen LogP contribution in [-0.4, -0.2) is 39.4 Å². The molecular formula is C9H13N3O4. The zero-order valence-electron chi connectivity index (χ0n) is 8.75. The largest absolute Gasteiger partial charge is 0.394 e. The fourth-order valence-electron chi connectivity index (χ4n) is 1.23. The summed E-state index contributed by atoms with van der Waals surface area (Å²) >= 11 is 0. The minimum absolute atomic E-state index is 0.0538. The van der Waals surface area contributed by atoms with Crippen LogP contribution in [0.5, 0.6) is 0 Å². The molecule has 7 heteroatoms. The molecule has 1 aromatic heterocycles. The Morgan fingerprint density at radius 2 is 2.19 bits per heavy atom. The first-order valence-electron chi connectivity index (χ1n) is 4.68. The van der Waals surface area contributed by atoms with Gasteiger partial charge in [0, 0.05) is 11.8 Å². The molecule has 3 N–H and O–H groups in total. The zero-order valence-corrected chi connectivity index (χ0v) is 8.75. The van der Waals surface area contributed by atoms with Crippen molar-refractivity contribution in [2.75, 3.05) is 18.5 Å². The van der Waals surface area contributed by atoms with Crippen LogP contribution in [0.15, 0.2) is 12.3 Å². The second kappa shape index (κ2) is 5.38. The molecule has 1 heterocycles. The summed E-state index contributed by atoms with van der Waals surface area (Å²) in [5, 5.41) is 31.1. The lowest BCUT2D eigenvalue weighted by molar-refractivity contribution is -0.384. The van der Waals surface area contributed by atoms with Gasteiger partial charge in [0.05, 0.1) is 24.2 Å². The maximum Gasteiger partial charge on any atom is 0.314 e. The third-order valence-corrected chi connectivity index (χ3v) is 2.09. The maximum atomic E-state index is 10.8. The van der Waals surface area contributed by atoms with E-state index < -0.39 is 11.0 Å². The molecule has 88 valence electrons. The molecule has 0 atom stereocenters. The van der Waals surface area contributed by atoms with E-state index in [0.29, 0.717) is 5.56 Å². The standard InChI is InChI=1S/C9H13N3O4/c1-6-2-3-10-9(8(6)12(15)16)11-7(4-13)5-14/h2-3,7,13-14H,4-5H2,1H3,(H,10,11). The first kappa shape index (κ1) is 12.3. The number of rotatable bonds is 5. The van der Waals surface area contributed by atoms with Gasteiger partial charge >= 0.3 is 5.69 Å². The topological polar surface area (TPSA) is 109 Å². The summed E-state index contributed by atoms with van der Waals surface area (Å²) in [6.45, 7) is 0.935. The van der Waals surface area contributed by atoms with Gasteiger partial charge in [-0.05, 0) is 13.0 Å². The number of hydrogen-bond acceptors (Lipinski definition) is 6. The van der Waals surface area contributed by atoms with Crippen LogP contribution in [0, 0.1) is 17.0 Å². The molecule has 0 bridgehead atoms. The van der Waals surface area contributed by atoms with E-state index in [0.717, 1.165) is 0 Å². The number of aryl methyl sites for hydroxylation is 1. The maximum absolute atomic E-state index is 10.8. The summed E-state index contributed by atoms with van der Waals surface area (Å²) in [6.07, 6.45) is 1.43. The Labute approximate surface area is 91.9 Å². The molecule has 0 unspecified atom stereocenters. The van der Waals surface area contributed by atoms with Crippen LogP contribution in [0.25, 0.3) is 0 Å². The molecule has 0 amide bonds. The zero-order chi connectivity index (χ0) is 12.1. The summed E-state index contributed by atoms with van der Waals surface area (Å²) < 4.78 is 0. The Balaban J connectivity index is 3.03. The van der Waals surface area contributed by atoms with Crippen LogP contribution in [0.1, 0.15) is 5.56 Å². The summed E-state index contributed by atoms with van der Waals surface area (Å²) in [5.41, 5.74) is 0.325. The van der Waals surface area contributed by atoms with Gasteiger partial charge in [0.25, 0.3) is 0 Å². The van der Waals surface area contributed by atoms with Crippen LogP contribution >= 0.6 is 0 Å². The number of aliphatic hydroxyl groups is 2. The van der Waals surface area contributed by atoms with E-state index >= 15 is 0 Å². The van der Waals surface area contributed by atoms with E-state index in [1.165, 1.54) is 12.3 Å². The number of nitro groups is 1. The Morgan fingerprint density at radius 1 is 1.56 bits per heavy atom. The van der Waals surface area contributed by atoms with Crippen LogP contribution in [0.4, 0.5) is 11.5 Å². The van der Waals surface area contributed by atoms with Crippen molar-refractivity contribution >= 4 is 11.5 Å². The highest BCUT2D eigenvalue weighted by Gasteiger charge is 2.20. The number of nitrogens with zero attached hydrogens (tertiary/aromatic N) is 2. The van der Waals surface area contributed by atoms with E-state index in [4.69, 9.17) is 10.2 Å². The van der Waals surface area contributed by atoms with Crippen molar-refractivity contribution in [2.45, 2.75) is 13.0 Å². The predicted molar refractivity (Wildman–Crippen MR) is 57.2 cm³/mol. The summed E-state index contributed by atoms with van der Waals surface area (Å²) in [7, 11) is 0. The van der Waals surface area contributed by atoms with Crippen molar-refractivity contribution in [1.82, 2.24) is 4.98 Å². The third kappa shape index (κ3) is 2.65. The molecule has 16 heavy (non-hydrogen) atoms. The van der Waals surface area contributed by atoms with E-state index in [2.05, 4.69) is 10.3 Å². The Kier molecular flexibility index (Phi) is 4.15. The number of anilines is 1. The first-order valence-corrected chi connectivity index (χ1v) is 4.68. The lowest BCUT2D eigenvalue weighted by Gasteiger charge is -2.14. The molecule has 0 saturated carbocycles. The van der Waals surface area contributed by atoms with Gasteiger partial charge in [-0.15, -0.1) is 0 Å². The number of aromatic nitrogens is 1. The molecule has 7 nitrogen and oxygen atoms in total. The highest BCUT2D eigenvalue weighted by Crippen LogP contribution is 2.25. The van der Waals surface area contributed by atoms with Gasteiger partial charge in [-0.2, -0.15) is 0 Å². The molecule has 0 aliphatic rings. The molecule has 0 radical (unpaired) electrons. The van der Waals surface area contributed by atoms with E-state index in [-0.39, 0.29) is 24.7 Å². The van der Waals surface area contributed by atoms with E-state index in [1.807, 2.05) is 0 Å². The smallest absolute Gasteiger partial charge is 0.314 e. The first-order chi connectivity index (χ1) is 7.60.